The Morgan fingerprint density at radius 2 is 1.81 bits per heavy atom. The van der Waals surface area contributed by atoms with Crippen molar-refractivity contribution in [2.45, 2.75) is 31.3 Å². The van der Waals surface area contributed by atoms with Crippen molar-refractivity contribution >= 4 is 0 Å². The van der Waals surface area contributed by atoms with Gasteiger partial charge >= 0.3 is 0 Å². The first kappa shape index (κ1) is 14.1. The second-order valence-electron chi connectivity index (χ2n) is 5.62. The van der Waals surface area contributed by atoms with E-state index in [1.807, 2.05) is 24.3 Å². The molecule has 3 heteroatoms. The van der Waals surface area contributed by atoms with Gasteiger partial charge in [-0.05, 0) is 48.1 Å². The number of hydrogen-bond acceptors (Lipinski definition) is 2. The van der Waals surface area contributed by atoms with Gasteiger partial charge in [-0.2, -0.15) is 0 Å². The van der Waals surface area contributed by atoms with Crippen LogP contribution in [0.5, 0.6) is 5.75 Å². The predicted molar refractivity (Wildman–Crippen MR) is 82.0 cm³/mol. The van der Waals surface area contributed by atoms with Gasteiger partial charge in [0.15, 0.2) is 0 Å². The first-order valence-electron chi connectivity index (χ1n) is 7.37. The fraction of sp³-hybridized carbons (Fsp3) is 0.333. The van der Waals surface area contributed by atoms with E-state index in [4.69, 9.17) is 4.74 Å². The maximum absolute atomic E-state index is 13.7. The lowest BCUT2D eigenvalue weighted by molar-refractivity contribution is 0.284. The highest BCUT2D eigenvalue weighted by Gasteiger charge is 2.31. The van der Waals surface area contributed by atoms with Gasteiger partial charge in [-0.15, -0.1) is 0 Å². The molecule has 1 fully saturated rings. The van der Waals surface area contributed by atoms with Crippen LogP contribution in [0.15, 0.2) is 48.5 Å². The lowest BCUT2D eigenvalue weighted by Crippen LogP contribution is -2.39. The van der Waals surface area contributed by atoms with Crippen molar-refractivity contribution < 1.29 is 9.13 Å². The normalized spacial score (nSPS) is 20.9. The van der Waals surface area contributed by atoms with Crippen molar-refractivity contribution in [1.82, 2.24) is 5.32 Å². The van der Waals surface area contributed by atoms with E-state index in [9.17, 15) is 4.39 Å². The van der Waals surface area contributed by atoms with Crippen LogP contribution in [0, 0.1) is 5.82 Å². The molecule has 2 aromatic carbocycles. The van der Waals surface area contributed by atoms with E-state index in [1.165, 1.54) is 5.56 Å². The molecule has 1 aliphatic rings. The summed E-state index contributed by atoms with van der Waals surface area (Å²) in [5.74, 6) is 1.16. The molecule has 110 valence electrons. The third kappa shape index (κ3) is 3.24. The van der Waals surface area contributed by atoms with Gasteiger partial charge in [-0.3, -0.25) is 0 Å². The monoisotopic (exact) mass is 285 g/mol. The molecule has 0 radical (unpaired) electrons. The molecule has 1 saturated carbocycles. The van der Waals surface area contributed by atoms with E-state index in [-0.39, 0.29) is 5.82 Å². The summed E-state index contributed by atoms with van der Waals surface area (Å²) in [6.45, 7) is 0.846. The molecule has 0 aliphatic heterocycles. The van der Waals surface area contributed by atoms with Crippen LogP contribution in [0.1, 0.15) is 29.9 Å². The molecular weight excluding hydrogens is 265 g/mol. The van der Waals surface area contributed by atoms with Gasteiger partial charge in [0.1, 0.15) is 11.6 Å². The van der Waals surface area contributed by atoms with Crippen LogP contribution in [-0.2, 0) is 6.54 Å². The van der Waals surface area contributed by atoms with E-state index in [2.05, 4.69) is 17.4 Å². The smallest absolute Gasteiger partial charge is 0.126 e. The number of nitrogens with one attached hydrogen (secondary N) is 1. The first-order chi connectivity index (χ1) is 10.3. The summed E-state index contributed by atoms with van der Waals surface area (Å²) in [5, 5.41) is 3.53. The molecule has 0 atom stereocenters. The van der Waals surface area contributed by atoms with Gasteiger partial charge in [0, 0.05) is 12.6 Å². The molecule has 2 nitrogen and oxygen atoms in total. The highest BCUT2D eigenvalue weighted by molar-refractivity contribution is 5.28. The molecule has 3 rings (SSSR count). The molecule has 0 heterocycles. The minimum atomic E-state index is -0.0731. The summed E-state index contributed by atoms with van der Waals surface area (Å²) in [7, 11) is 1.67. The Kier molecular flexibility index (Phi) is 4.20. The summed E-state index contributed by atoms with van der Waals surface area (Å²) in [4.78, 5) is 0. The largest absolute Gasteiger partial charge is 0.497 e. The topological polar surface area (TPSA) is 21.3 Å². The molecule has 0 spiro atoms. The zero-order valence-corrected chi connectivity index (χ0v) is 12.2. The van der Waals surface area contributed by atoms with Crippen molar-refractivity contribution in [3.8, 4) is 5.75 Å². The molecule has 1 aliphatic carbocycles. The Labute approximate surface area is 125 Å². The minimum absolute atomic E-state index is 0.0731. The second kappa shape index (κ2) is 6.27. The average Bonchev–Trinajstić information content (AvgIpc) is 2.48. The predicted octanol–water partition coefficient (Wildman–Crippen LogP) is 3.87. The van der Waals surface area contributed by atoms with E-state index in [0.717, 1.165) is 30.7 Å². The van der Waals surface area contributed by atoms with Crippen LogP contribution in [0.4, 0.5) is 4.39 Å². The second-order valence-corrected chi connectivity index (χ2v) is 5.62. The zero-order chi connectivity index (χ0) is 14.7. The standard InChI is InChI=1S/C18H20FNO/c1-21-16-8-6-13(7-9-16)12-20-15-10-14(11-15)17-4-2-3-5-18(17)19/h2-9,14-15,20H,10-12H2,1H3. The fourth-order valence-electron chi connectivity index (χ4n) is 2.85. The Balaban J connectivity index is 1.48. The quantitative estimate of drug-likeness (QED) is 0.900. The zero-order valence-electron chi connectivity index (χ0n) is 12.2. The van der Waals surface area contributed by atoms with Gasteiger partial charge in [-0.1, -0.05) is 30.3 Å². The van der Waals surface area contributed by atoms with Crippen molar-refractivity contribution in [2.75, 3.05) is 7.11 Å². The SMILES string of the molecule is COc1ccc(CNC2CC(c3ccccc3F)C2)cc1. The van der Waals surface area contributed by atoms with Crippen molar-refractivity contribution in [3.05, 3.63) is 65.5 Å². The average molecular weight is 285 g/mol. The van der Waals surface area contributed by atoms with Crippen molar-refractivity contribution in [1.29, 1.82) is 0 Å². The van der Waals surface area contributed by atoms with Crippen LogP contribution in [-0.4, -0.2) is 13.2 Å². The molecular formula is C18H20FNO. The number of benzene rings is 2. The Morgan fingerprint density at radius 3 is 2.48 bits per heavy atom. The Hall–Kier alpha value is -1.87. The minimum Gasteiger partial charge on any atom is -0.497 e. The Morgan fingerprint density at radius 1 is 1.10 bits per heavy atom. The lowest BCUT2D eigenvalue weighted by atomic mass is 9.75. The van der Waals surface area contributed by atoms with Crippen LogP contribution < -0.4 is 10.1 Å². The van der Waals surface area contributed by atoms with Crippen LogP contribution in [0.3, 0.4) is 0 Å². The molecule has 0 aromatic heterocycles. The summed E-state index contributed by atoms with van der Waals surface area (Å²) in [5.41, 5.74) is 2.10. The first-order valence-corrected chi connectivity index (χ1v) is 7.37. The molecule has 0 saturated heterocycles. The fourth-order valence-corrected chi connectivity index (χ4v) is 2.85. The number of rotatable bonds is 5. The molecule has 21 heavy (non-hydrogen) atoms. The summed E-state index contributed by atoms with van der Waals surface area (Å²) in [6.07, 6.45) is 2.02. The molecule has 0 amide bonds. The van der Waals surface area contributed by atoms with E-state index < -0.39 is 0 Å². The van der Waals surface area contributed by atoms with E-state index in [0.29, 0.717) is 12.0 Å². The number of halogens is 1. The van der Waals surface area contributed by atoms with E-state index >= 15 is 0 Å². The van der Waals surface area contributed by atoms with Crippen LogP contribution >= 0.6 is 0 Å². The van der Waals surface area contributed by atoms with Gasteiger partial charge in [0.2, 0.25) is 0 Å². The summed E-state index contributed by atoms with van der Waals surface area (Å²) >= 11 is 0. The maximum Gasteiger partial charge on any atom is 0.126 e. The number of hydrogen-bond donors (Lipinski definition) is 1. The number of methoxy groups -OCH3 is 1. The van der Waals surface area contributed by atoms with Crippen molar-refractivity contribution in [2.24, 2.45) is 0 Å². The number of ether oxygens (including phenoxy) is 1. The molecule has 1 N–H and O–H groups in total. The van der Waals surface area contributed by atoms with Crippen molar-refractivity contribution in [3.63, 3.8) is 0 Å². The summed E-state index contributed by atoms with van der Waals surface area (Å²) < 4.78 is 18.8. The lowest BCUT2D eigenvalue weighted by Gasteiger charge is -2.36. The maximum atomic E-state index is 13.7. The molecule has 0 unspecified atom stereocenters. The van der Waals surface area contributed by atoms with Gasteiger partial charge in [0.05, 0.1) is 7.11 Å². The highest BCUT2D eigenvalue weighted by atomic mass is 19.1. The Bertz CT molecular complexity index is 590. The van der Waals surface area contributed by atoms with Crippen LogP contribution in [0.2, 0.25) is 0 Å². The van der Waals surface area contributed by atoms with Gasteiger partial charge in [-0.25, -0.2) is 4.39 Å². The highest BCUT2D eigenvalue weighted by Crippen LogP contribution is 2.38. The summed E-state index contributed by atoms with van der Waals surface area (Å²) in [6, 6.07) is 15.7. The van der Waals surface area contributed by atoms with Crippen LogP contribution in [0.25, 0.3) is 0 Å². The third-order valence-electron chi connectivity index (χ3n) is 4.24. The molecule has 2 aromatic rings. The van der Waals surface area contributed by atoms with Gasteiger partial charge in [0.25, 0.3) is 0 Å². The third-order valence-corrected chi connectivity index (χ3v) is 4.24. The van der Waals surface area contributed by atoms with E-state index in [1.54, 1.807) is 19.2 Å². The molecule has 0 bridgehead atoms. The van der Waals surface area contributed by atoms with Gasteiger partial charge < -0.3 is 10.1 Å².